The molecule has 0 aromatic rings. The van der Waals surface area contributed by atoms with Gasteiger partial charge in [0.2, 0.25) is 10.0 Å². The van der Waals surface area contributed by atoms with Crippen molar-refractivity contribution in [3.63, 3.8) is 0 Å². The van der Waals surface area contributed by atoms with Crippen LogP contribution in [0.1, 0.15) is 39.0 Å². The molecule has 150 valence electrons. The summed E-state index contributed by atoms with van der Waals surface area (Å²) < 4.78 is 24.6. The Morgan fingerprint density at radius 3 is 2.04 bits per heavy atom. The molecule has 2 fully saturated rings. The van der Waals surface area contributed by atoms with E-state index in [1.165, 1.54) is 19.1 Å². The van der Waals surface area contributed by atoms with Crippen LogP contribution in [-0.4, -0.2) is 97.1 Å². The van der Waals surface area contributed by atoms with Crippen LogP contribution in [0.25, 0.3) is 0 Å². The quantitative estimate of drug-likeness (QED) is 0.421. The van der Waals surface area contributed by atoms with Crippen molar-refractivity contribution in [2.45, 2.75) is 45.1 Å². The lowest BCUT2D eigenvalue weighted by molar-refractivity contribution is -0.126. The predicted molar refractivity (Wildman–Crippen MR) is 107 cm³/mol. The molecule has 0 saturated carbocycles. The number of likely N-dealkylation sites (N-methyl/N-ethyl adjacent to an activating group) is 1. The number of rotatable bonds is 9. The summed E-state index contributed by atoms with van der Waals surface area (Å²) in [6.45, 7) is 6.70. The van der Waals surface area contributed by atoms with E-state index in [0.717, 1.165) is 45.4 Å². The lowest BCUT2D eigenvalue weighted by atomic mass is 10.1. The average molecular weight is 405 g/mol. The van der Waals surface area contributed by atoms with Crippen molar-refractivity contribution in [1.29, 1.82) is 0 Å². The molecule has 1 amide bonds. The molecular weight excluding hydrogens is 372 g/mol. The highest BCUT2D eigenvalue weighted by atomic mass is 32.2. The minimum atomic E-state index is -3.04. The standard InChI is InChI=1S/C17H32N4O3S2/c1-15-16(22)18(2)17(25)21(15)10-8-6-4-5-7-9-19-11-13-20(14-12-19)26(3,23)24/h15H,4-14H2,1-3H3. The van der Waals surface area contributed by atoms with Crippen LogP contribution in [0.2, 0.25) is 0 Å². The number of carbonyl (C=O) groups excluding carboxylic acids is 1. The maximum Gasteiger partial charge on any atom is 0.250 e. The van der Waals surface area contributed by atoms with Crippen LogP contribution in [0.5, 0.6) is 0 Å². The van der Waals surface area contributed by atoms with E-state index < -0.39 is 10.0 Å². The number of unbranched alkanes of at least 4 members (excludes halogenated alkanes) is 4. The maximum absolute atomic E-state index is 11.9. The summed E-state index contributed by atoms with van der Waals surface area (Å²) >= 11 is 5.32. The summed E-state index contributed by atoms with van der Waals surface area (Å²) in [6.07, 6.45) is 7.00. The van der Waals surface area contributed by atoms with Gasteiger partial charge in [0.05, 0.1) is 6.26 Å². The van der Waals surface area contributed by atoms with Gasteiger partial charge < -0.3 is 9.80 Å². The molecule has 0 aromatic heterocycles. The third-order valence-corrected chi connectivity index (χ3v) is 7.17. The number of thiocarbonyl (C=S) groups is 1. The van der Waals surface area contributed by atoms with Crippen molar-refractivity contribution >= 4 is 33.3 Å². The van der Waals surface area contributed by atoms with Crippen LogP contribution < -0.4 is 0 Å². The van der Waals surface area contributed by atoms with Gasteiger partial charge in [-0.25, -0.2) is 8.42 Å². The molecule has 2 saturated heterocycles. The van der Waals surface area contributed by atoms with Gasteiger partial charge in [-0.05, 0) is 38.5 Å². The van der Waals surface area contributed by atoms with Gasteiger partial charge in [-0.1, -0.05) is 19.3 Å². The summed E-state index contributed by atoms with van der Waals surface area (Å²) in [7, 11) is -1.29. The zero-order chi connectivity index (χ0) is 19.3. The second-order valence-electron chi connectivity index (χ2n) is 7.32. The van der Waals surface area contributed by atoms with Gasteiger partial charge in [0.25, 0.3) is 5.91 Å². The van der Waals surface area contributed by atoms with Crippen molar-refractivity contribution in [3.05, 3.63) is 0 Å². The van der Waals surface area contributed by atoms with Crippen molar-refractivity contribution in [2.24, 2.45) is 0 Å². The lowest BCUT2D eigenvalue weighted by Crippen LogP contribution is -2.48. The largest absolute Gasteiger partial charge is 0.337 e. The van der Waals surface area contributed by atoms with E-state index in [1.54, 1.807) is 16.3 Å². The fraction of sp³-hybridized carbons (Fsp3) is 0.882. The first-order valence-corrected chi connectivity index (χ1v) is 11.7. The summed E-state index contributed by atoms with van der Waals surface area (Å²) in [5.74, 6) is 0.0889. The molecule has 0 radical (unpaired) electrons. The van der Waals surface area contributed by atoms with Crippen molar-refractivity contribution in [2.75, 3.05) is 52.6 Å². The molecule has 7 nitrogen and oxygen atoms in total. The van der Waals surface area contributed by atoms with E-state index in [4.69, 9.17) is 12.2 Å². The van der Waals surface area contributed by atoms with E-state index in [-0.39, 0.29) is 11.9 Å². The SMILES string of the molecule is CC1C(=O)N(C)C(=S)N1CCCCCCCN1CCN(S(C)(=O)=O)CC1. The van der Waals surface area contributed by atoms with Crippen LogP contribution >= 0.6 is 12.2 Å². The monoisotopic (exact) mass is 404 g/mol. The fourth-order valence-corrected chi connectivity index (χ4v) is 4.75. The van der Waals surface area contributed by atoms with Gasteiger partial charge in [-0.3, -0.25) is 9.69 Å². The molecule has 9 heteroatoms. The normalized spacial score (nSPS) is 23.3. The summed E-state index contributed by atoms with van der Waals surface area (Å²) in [5, 5.41) is 0.649. The van der Waals surface area contributed by atoms with E-state index in [1.807, 2.05) is 11.8 Å². The van der Waals surface area contributed by atoms with Gasteiger partial charge in [0.15, 0.2) is 5.11 Å². The lowest BCUT2D eigenvalue weighted by Gasteiger charge is -2.33. The highest BCUT2D eigenvalue weighted by Gasteiger charge is 2.36. The van der Waals surface area contributed by atoms with Crippen LogP contribution in [0, 0.1) is 0 Å². The zero-order valence-corrected chi connectivity index (χ0v) is 17.8. The predicted octanol–water partition coefficient (Wildman–Crippen LogP) is 0.962. The summed E-state index contributed by atoms with van der Waals surface area (Å²) in [4.78, 5) is 17.8. The molecule has 0 bridgehead atoms. The summed E-state index contributed by atoms with van der Waals surface area (Å²) in [5.41, 5.74) is 0. The Balaban J connectivity index is 1.52. The number of piperazine rings is 1. The van der Waals surface area contributed by atoms with Gasteiger partial charge in [0, 0.05) is 39.8 Å². The van der Waals surface area contributed by atoms with E-state index in [2.05, 4.69) is 4.90 Å². The van der Waals surface area contributed by atoms with E-state index in [9.17, 15) is 13.2 Å². The molecule has 0 aliphatic carbocycles. The first kappa shape index (κ1) is 21.5. The fourth-order valence-electron chi connectivity index (χ4n) is 3.59. The number of carbonyl (C=O) groups is 1. The van der Waals surface area contributed by atoms with Gasteiger partial charge in [-0.2, -0.15) is 4.31 Å². The molecule has 0 aromatic carbocycles. The van der Waals surface area contributed by atoms with E-state index >= 15 is 0 Å². The molecule has 1 atom stereocenters. The summed E-state index contributed by atoms with van der Waals surface area (Å²) in [6, 6.07) is -0.127. The minimum Gasteiger partial charge on any atom is -0.337 e. The van der Waals surface area contributed by atoms with Gasteiger partial charge >= 0.3 is 0 Å². The van der Waals surface area contributed by atoms with Gasteiger partial charge in [0.1, 0.15) is 6.04 Å². The Morgan fingerprint density at radius 1 is 1.00 bits per heavy atom. The molecule has 0 spiro atoms. The molecule has 26 heavy (non-hydrogen) atoms. The zero-order valence-electron chi connectivity index (χ0n) is 16.2. The smallest absolute Gasteiger partial charge is 0.250 e. The third-order valence-electron chi connectivity index (χ3n) is 5.36. The molecule has 2 aliphatic rings. The molecule has 1 unspecified atom stereocenters. The topological polar surface area (TPSA) is 64.2 Å². The molecule has 2 rings (SSSR count). The van der Waals surface area contributed by atoms with Crippen molar-refractivity contribution < 1.29 is 13.2 Å². The maximum atomic E-state index is 11.9. The highest BCUT2D eigenvalue weighted by Crippen LogP contribution is 2.17. The first-order valence-electron chi connectivity index (χ1n) is 9.47. The van der Waals surface area contributed by atoms with Crippen molar-refractivity contribution in [3.8, 4) is 0 Å². The number of hydrogen-bond donors (Lipinski definition) is 0. The van der Waals surface area contributed by atoms with Crippen LogP contribution in [0.15, 0.2) is 0 Å². The Kier molecular flexibility index (Phi) is 7.81. The number of nitrogens with zero attached hydrogens (tertiary/aromatic N) is 4. The van der Waals surface area contributed by atoms with Gasteiger partial charge in [-0.15, -0.1) is 0 Å². The average Bonchev–Trinajstić information content (AvgIpc) is 2.78. The second kappa shape index (κ2) is 9.43. The Hall–Kier alpha value is -0.770. The Labute approximate surface area is 163 Å². The van der Waals surface area contributed by atoms with Crippen LogP contribution in [-0.2, 0) is 14.8 Å². The Morgan fingerprint density at radius 2 is 1.54 bits per heavy atom. The second-order valence-corrected chi connectivity index (χ2v) is 9.67. The van der Waals surface area contributed by atoms with Crippen molar-refractivity contribution in [1.82, 2.24) is 19.0 Å². The first-order chi connectivity index (χ1) is 12.2. The molecular formula is C17H32N4O3S2. The Bertz CT molecular complexity index is 603. The van der Waals surface area contributed by atoms with Crippen LogP contribution in [0.3, 0.4) is 0 Å². The molecule has 0 N–H and O–H groups in total. The minimum absolute atomic E-state index is 0.0889. The number of hydrogen-bond acceptors (Lipinski definition) is 5. The highest BCUT2D eigenvalue weighted by molar-refractivity contribution is 7.88. The molecule has 2 heterocycles. The number of amides is 1. The third kappa shape index (κ3) is 5.61. The van der Waals surface area contributed by atoms with Crippen LogP contribution in [0.4, 0.5) is 0 Å². The number of sulfonamides is 1. The molecule has 2 aliphatic heterocycles. The van der Waals surface area contributed by atoms with E-state index in [0.29, 0.717) is 18.2 Å².